The maximum absolute atomic E-state index is 10.7. The van der Waals surface area contributed by atoms with E-state index in [0.717, 1.165) is 5.56 Å². The van der Waals surface area contributed by atoms with Gasteiger partial charge in [0.15, 0.2) is 0 Å². The fourth-order valence-corrected chi connectivity index (χ4v) is 1.17. The molecule has 1 aromatic carbocycles. The highest BCUT2D eigenvalue weighted by atomic mass is 35.5. The largest absolute Gasteiger partial charge is 0.276 e. The van der Waals surface area contributed by atoms with Crippen LogP contribution in [0.5, 0.6) is 0 Å². The monoisotopic (exact) mass is 179 g/mol. The zero-order valence-electron chi connectivity index (χ0n) is 6.47. The Morgan fingerprint density at radius 1 is 1.58 bits per heavy atom. The molecule has 0 spiro atoms. The second-order valence-corrected chi connectivity index (χ2v) is 2.76. The molecule has 1 rings (SSSR count). The molecular formula is C9H6ClNO. The molecule has 0 radical (unpaired) electrons. The predicted molar refractivity (Wildman–Crippen MR) is 46.1 cm³/mol. The summed E-state index contributed by atoms with van der Waals surface area (Å²) in [6, 6.07) is 6.74. The first-order valence-electron chi connectivity index (χ1n) is 3.35. The number of hydrogen-bond donors (Lipinski definition) is 0. The minimum absolute atomic E-state index is 0.454. The highest BCUT2D eigenvalue weighted by Crippen LogP contribution is 2.12. The summed E-state index contributed by atoms with van der Waals surface area (Å²) in [6.45, 7) is 1.75. The van der Waals surface area contributed by atoms with E-state index < -0.39 is 5.24 Å². The Morgan fingerprint density at radius 3 is 2.67 bits per heavy atom. The van der Waals surface area contributed by atoms with Gasteiger partial charge in [-0.1, -0.05) is 0 Å². The lowest BCUT2D eigenvalue weighted by Gasteiger charge is -1.98. The number of carbonyl (C=O) groups excluding carboxylic acids is 1. The maximum atomic E-state index is 10.7. The molecule has 0 saturated carbocycles. The van der Waals surface area contributed by atoms with E-state index >= 15 is 0 Å². The lowest BCUT2D eigenvalue weighted by Crippen LogP contribution is -1.93. The van der Waals surface area contributed by atoms with Crippen molar-refractivity contribution in [3.8, 4) is 6.07 Å². The van der Waals surface area contributed by atoms with Gasteiger partial charge in [-0.05, 0) is 42.3 Å². The number of rotatable bonds is 1. The van der Waals surface area contributed by atoms with E-state index in [1.165, 1.54) is 0 Å². The second-order valence-electron chi connectivity index (χ2n) is 2.42. The van der Waals surface area contributed by atoms with Crippen molar-refractivity contribution in [2.24, 2.45) is 0 Å². The maximum Gasteiger partial charge on any atom is 0.252 e. The average molecular weight is 180 g/mol. The predicted octanol–water partition coefficient (Wildman–Crippen LogP) is 2.25. The van der Waals surface area contributed by atoms with E-state index in [2.05, 4.69) is 0 Å². The Bertz CT molecular complexity index is 365. The zero-order valence-corrected chi connectivity index (χ0v) is 7.22. The van der Waals surface area contributed by atoms with Gasteiger partial charge in [-0.15, -0.1) is 0 Å². The van der Waals surface area contributed by atoms with Crippen molar-refractivity contribution < 1.29 is 4.79 Å². The first-order valence-corrected chi connectivity index (χ1v) is 3.73. The van der Waals surface area contributed by atoms with Crippen LogP contribution in [-0.2, 0) is 0 Å². The molecule has 0 N–H and O–H groups in total. The van der Waals surface area contributed by atoms with Crippen LogP contribution in [0.25, 0.3) is 0 Å². The molecule has 0 amide bonds. The Morgan fingerprint density at radius 2 is 2.25 bits per heavy atom. The lowest BCUT2D eigenvalue weighted by atomic mass is 10.1. The summed E-state index contributed by atoms with van der Waals surface area (Å²) >= 11 is 5.28. The molecule has 0 unspecified atom stereocenters. The van der Waals surface area contributed by atoms with Crippen molar-refractivity contribution in [2.75, 3.05) is 0 Å². The normalized spacial score (nSPS) is 9.08. The summed E-state index contributed by atoms with van der Waals surface area (Å²) in [6.07, 6.45) is 0. The topological polar surface area (TPSA) is 40.9 Å². The van der Waals surface area contributed by atoms with Crippen LogP contribution in [0.2, 0.25) is 0 Å². The first kappa shape index (κ1) is 8.76. The molecular weight excluding hydrogens is 174 g/mol. The summed E-state index contributed by atoms with van der Waals surface area (Å²) in [4.78, 5) is 10.7. The molecule has 0 atom stereocenters. The SMILES string of the molecule is Cc1cc(C#N)ccc1C(=O)Cl. The Hall–Kier alpha value is -1.33. The first-order chi connectivity index (χ1) is 5.65. The summed E-state index contributed by atoms with van der Waals surface area (Å²) < 4.78 is 0. The number of halogens is 1. The Balaban J connectivity index is 3.23. The molecule has 3 heteroatoms. The number of nitrogens with zero attached hydrogens (tertiary/aromatic N) is 1. The summed E-state index contributed by atoms with van der Waals surface area (Å²) in [7, 11) is 0. The van der Waals surface area contributed by atoms with Crippen LogP contribution in [0.3, 0.4) is 0 Å². The van der Waals surface area contributed by atoms with Gasteiger partial charge in [-0.25, -0.2) is 0 Å². The van der Waals surface area contributed by atoms with Gasteiger partial charge in [0.1, 0.15) is 0 Å². The molecule has 0 heterocycles. The molecule has 12 heavy (non-hydrogen) atoms. The smallest absolute Gasteiger partial charge is 0.252 e. The number of nitriles is 1. The van der Waals surface area contributed by atoms with Crippen LogP contribution in [0, 0.1) is 18.3 Å². The molecule has 0 aliphatic carbocycles. The molecule has 0 aromatic heterocycles. The molecule has 2 nitrogen and oxygen atoms in total. The standard InChI is InChI=1S/C9H6ClNO/c1-6-4-7(5-11)2-3-8(6)9(10)12/h2-4H,1H3. The van der Waals surface area contributed by atoms with Crippen molar-refractivity contribution in [3.05, 3.63) is 34.9 Å². The van der Waals surface area contributed by atoms with E-state index in [0.29, 0.717) is 11.1 Å². The van der Waals surface area contributed by atoms with E-state index in [9.17, 15) is 4.79 Å². The van der Waals surface area contributed by atoms with E-state index in [-0.39, 0.29) is 0 Å². The number of aryl methyl sites for hydroxylation is 1. The van der Waals surface area contributed by atoms with Crippen LogP contribution >= 0.6 is 11.6 Å². The number of benzene rings is 1. The average Bonchev–Trinajstić information content (AvgIpc) is 2.03. The molecule has 0 saturated heterocycles. The van der Waals surface area contributed by atoms with E-state index in [4.69, 9.17) is 16.9 Å². The minimum Gasteiger partial charge on any atom is -0.276 e. The van der Waals surface area contributed by atoms with Crippen molar-refractivity contribution in [2.45, 2.75) is 6.92 Å². The molecule has 0 bridgehead atoms. The number of carbonyl (C=O) groups is 1. The lowest BCUT2D eigenvalue weighted by molar-refractivity contribution is 0.108. The van der Waals surface area contributed by atoms with Gasteiger partial charge in [0.2, 0.25) is 0 Å². The van der Waals surface area contributed by atoms with Gasteiger partial charge in [0, 0.05) is 5.56 Å². The molecule has 0 aliphatic heterocycles. The summed E-state index contributed by atoms with van der Waals surface area (Å²) in [5, 5.41) is 8.03. The molecule has 0 aliphatic rings. The Kier molecular flexibility index (Phi) is 2.47. The third-order valence-electron chi connectivity index (χ3n) is 1.57. The summed E-state index contributed by atoms with van der Waals surface area (Å²) in [5.41, 5.74) is 1.72. The van der Waals surface area contributed by atoms with Gasteiger partial charge in [-0.3, -0.25) is 4.79 Å². The quantitative estimate of drug-likeness (QED) is 0.621. The molecule has 0 fully saturated rings. The highest BCUT2D eigenvalue weighted by Gasteiger charge is 2.05. The third-order valence-corrected chi connectivity index (χ3v) is 1.77. The van der Waals surface area contributed by atoms with Gasteiger partial charge >= 0.3 is 0 Å². The van der Waals surface area contributed by atoms with Crippen molar-refractivity contribution in [1.29, 1.82) is 5.26 Å². The van der Waals surface area contributed by atoms with Crippen LogP contribution in [0.15, 0.2) is 18.2 Å². The number of hydrogen-bond acceptors (Lipinski definition) is 2. The van der Waals surface area contributed by atoms with Crippen LogP contribution in [0.4, 0.5) is 0 Å². The van der Waals surface area contributed by atoms with Crippen molar-refractivity contribution >= 4 is 16.8 Å². The van der Waals surface area contributed by atoms with Crippen LogP contribution < -0.4 is 0 Å². The van der Waals surface area contributed by atoms with Crippen LogP contribution in [-0.4, -0.2) is 5.24 Å². The molecule has 1 aromatic rings. The van der Waals surface area contributed by atoms with Gasteiger partial charge in [0.05, 0.1) is 11.6 Å². The minimum atomic E-state index is -0.489. The van der Waals surface area contributed by atoms with Crippen LogP contribution in [0.1, 0.15) is 21.5 Å². The van der Waals surface area contributed by atoms with Gasteiger partial charge in [0.25, 0.3) is 5.24 Å². The highest BCUT2D eigenvalue weighted by molar-refractivity contribution is 6.67. The van der Waals surface area contributed by atoms with E-state index in [1.54, 1.807) is 25.1 Å². The third kappa shape index (κ3) is 1.63. The van der Waals surface area contributed by atoms with Crippen molar-refractivity contribution in [3.63, 3.8) is 0 Å². The van der Waals surface area contributed by atoms with Crippen molar-refractivity contribution in [1.82, 2.24) is 0 Å². The molecule has 60 valence electrons. The zero-order chi connectivity index (χ0) is 9.14. The van der Waals surface area contributed by atoms with E-state index in [1.807, 2.05) is 6.07 Å². The fourth-order valence-electron chi connectivity index (χ4n) is 0.954. The Labute approximate surface area is 75.4 Å². The van der Waals surface area contributed by atoms with Gasteiger partial charge in [-0.2, -0.15) is 5.26 Å². The second kappa shape index (κ2) is 3.38. The summed E-state index contributed by atoms with van der Waals surface area (Å²) in [5.74, 6) is 0. The fraction of sp³-hybridized carbons (Fsp3) is 0.111. The van der Waals surface area contributed by atoms with Gasteiger partial charge < -0.3 is 0 Å².